The van der Waals surface area contributed by atoms with Crippen molar-refractivity contribution in [2.75, 3.05) is 13.6 Å². The number of thiocarbonyl (C=S) groups is 1. The number of carbonyl (C=O) groups excluding carboxylic acids is 1. The molecule has 8 aliphatic carbocycles. The van der Waals surface area contributed by atoms with Gasteiger partial charge in [0, 0.05) is 29.1 Å². The Bertz CT molecular complexity index is 2800. The number of allylic oxidation sites excluding steroid dienone is 8. The van der Waals surface area contributed by atoms with Crippen LogP contribution in [0.25, 0.3) is 0 Å². The predicted octanol–water partition coefficient (Wildman–Crippen LogP) is 9.76. The van der Waals surface area contributed by atoms with E-state index in [-0.39, 0.29) is 47.1 Å². The second kappa shape index (κ2) is 17.0. The van der Waals surface area contributed by atoms with Crippen LogP contribution in [0.1, 0.15) is 141 Å². The van der Waals surface area contributed by atoms with Crippen molar-refractivity contribution in [3.05, 3.63) is 93.1 Å². The van der Waals surface area contributed by atoms with E-state index in [1.165, 1.54) is 39.0 Å². The van der Waals surface area contributed by atoms with Gasteiger partial charge in [0.2, 0.25) is 13.6 Å². The average molecular weight is 934 g/mol. The molecule has 0 aromatic heterocycles. The lowest BCUT2D eigenvalue weighted by Gasteiger charge is -2.53. The van der Waals surface area contributed by atoms with Crippen LogP contribution in [0.15, 0.2) is 87.1 Å². The normalized spacial score (nSPS) is 36.1. The number of benzene rings is 2. The quantitative estimate of drug-likeness (QED) is 0.133. The van der Waals surface area contributed by atoms with Gasteiger partial charge in [0.15, 0.2) is 33.9 Å². The number of nitrogens with zero attached hydrogens (tertiary/aromatic N) is 1. The Morgan fingerprint density at radius 3 is 1.68 bits per heavy atom. The van der Waals surface area contributed by atoms with E-state index in [1.807, 2.05) is 32.1 Å². The first-order chi connectivity index (χ1) is 32.8. The summed E-state index contributed by atoms with van der Waals surface area (Å²) in [6, 6.07) is 12.7. The molecular weight excluding hydrogens is 871 g/mol. The van der Waals surface area contributed by atoms with Crippen molar-refractivity contribution in [1.29, 1.82) is 0 Å². The molecule has 10 atom stereocenters. The number of rotatable bonds is 3. The fraction of sp³-hybridized carbons (Fsp3) is 0.526. The summed E-state index contributed by atoms with van der Waals surface area (Å²) < 4.78 is 22.6. The van der Waals surface area contributed by atoms with Crippen LogP contribution in [-0.2, 0) is 4.79 Å². The second-order valence-corrected chi connectivity index (χ2v) is 21.8. The molecule has 10 nitrogen and oxygen atoms in total. The molecule has 5 N–H and O–H groups in total. The van der Waals surface area contributed by atoms with Crippen LogP contribution in [-0.4, -0.2) is 51.6 Å². The molecule has 0 unspecified atom stereocenters. The first-order valence-corrected chi connectivity index (χ1v) is 25.3. The summed E-state index contributed by atoms with van der Waals surface area (Å²) in [4.78, 5) is 12.2. The fourth-order valence-corrected chi connectivity index (χ4v) is 15.3. The first-order valence-electron chi connectivity index (χ1n) is 24.9. The van der Waals surface area contributed by atoms with Gasteiger partial charge in [0.1, 0.15) is 11.2 Å². The molecule has 0 amide bonds. The fourth-order valence-electron chi connectivity index (χ4n) is 15.2. The maximum absolute atomic E-state index is 12.2. The minimum absolute atomic E-state index is 0.186. The van der Waals surface area contributed by atoms with E-state index in [9.17, 15) is 15.0 Å². The van der Waals surface area contributed by atoms with Gasteiger partial charge in [-0.2, -0.15) is 5.10 Å². The van der Waals surface area contributed by atoms with E-state index >= 15 is 0 Å². The number of ketones is 1. The Morgan fingerprint density at radius 2 is 1.18 bits per heavy atom. The summed E-state index contributed by atoms with van der Waals surface area (Å²) in [7, 11) is 0. The zero-order valence-electron chi connectivity index (χ0n) is 39.8. The van der Waals surface area contributed by atoms with Gasteiger partial charge in [-0.3, -0.25) is 10.2 Å². The SMILES string of the molecule is CC#C[C@]1(O)CC[C@H]2[C@@H]3CCC4=CC(=NNC(N)=S)CCC4=C3[C@@H](c3ccc4c(c3)OCO4)C[C@@]21C.CC#C[C@]1(O)CC[C@H]2[C@@H]3CCC4=CC(=O)CCC4=C3[C@@H](c3ccc4c(c3)OCO4)C[C@@]21C. The van der Waals surface area contributed by atoms with E-state index in [2.05, 4.69) is 78.4 Å². The third-order valence-corrected chi connectivity index (χ3v) is 18.5. The van der Waals surface area contributed by atoms with Gasteiger partial charge in [-0.05, 0) is 203 Å². The van der Waals surface area contributed by atoms with Crippen molar-refractivity contribution in [3.8, 4) is 46.7 Å². The molecule has 2 aliphatic heterocycles. The van der Waals surface area contributed by atoms with Crippen LogP contribution in [0.3, 0.4) is 0 Å². The molecule has 2 aromatic rings. The minimum Gasteiger partial charge on any atom is -0.454 e. The maximum Gasteiger partial charge on any atom is 0.231 e. The van der Waals surface area contributed by atoms with Crippen molar-refractivity contribution < 1.29 is 34.0 Å². The summed E-state index contributed by atoms with van der Waals surface area (Å²) >= 11 is 4.93. The number of nitrogens with two attached hydrogens (primary N) is 1. The van der Waals surface area contributed by atoms with Crippen LogP contribution in [0, 0.1) is 58.2 Å². The van der Waals surface area contributed by atoms with Crippen molar-refractivity contribution in [1.82, 2.24) is 5.43 Å². The minimum atomic E-state index is -0.952. The Kier molecular flexibility index (Phi) is 11.3. The molecule has 0 spiro atoms. The van der Waals surface area contributed by atoms with Gasteiger partial charge in [-0.15, -0.1) is 11.8 Å². The Balaban J connectivity index is 0.000000150. The van der Waals surface area contributed by atoms with Crippen molar-refractivity contribution in [2.45, 2.75) is 141 Å². The summed E-state index contributed by atoms with van der Waals surface area (Å²) in [5.41, 5.74) is 18.0. The van der Waals surface area contributed by atoms with E-state index in [0.29, 0.717) is 30.1 Å². The van der Waals surface area contributed by atoms with E-state index in [1.54, 1.807) is 5.57 Å². The van der Waals surface area contributed by atoms with Gasteiger partial charge in [0.25, 0.3) is 0 Å². The second-order valence-electron chi connectivity index (χ2n) is 21.4. The zero-order chi connectivity index (χ0) is 47.2. The first kappa shape index (κ1) is 45.1. The number of carbonyl (C=O) groups is 1. The van der Waals surface area contributed by atoms with Crippen LogP contribution < -0.4 is 30.1 Å². The Hall–Kier alpha value is -5.33. The zero-order valence-corrected chi connectivity index (χ0v) is 40.6. The number of hydrogen-bond acceptors (Lipinski definition) is 9. The van der Waals surface area contributed by atoms with Crippen LogP contribution in [0.5, 0.6) is 23.0 Å². The summed E-state index contributed by atoms with van der Waals surface area (Å²) in [5.74, 6) is 18.1. The van der Waals surface area contributed by atoms with Crippen LogP contribution in [0.4, 0.5) is 0 Å². The Morgan fingerprint density at radius 1 is 0.691 bits per heavy atom. The van der Waals surface area contributed by atoms with Crippen LogP contribution in [0.2, 0.25) is 0 Å². The highest BCUT2D eigenvalue weighted by Crippen LogP contribution is 2.68. The molecule has 4 fully saturated rings. The molecule has 11 heteroatoms. The van der Waals surface area contributed by atoms with Gasteiger partial charge >= 0.3 is 0 Å². The lowest BCUT2D eigenvalue weighted by Crippen LogP contribution is -2.51. The molecule has 10 aliphatic rings. The highest BCUT2D eigenvalue weighted by atomic mass is 32.1. The molecule has 68 heavy (non-hydrogen) atoms. The smallest absolute Gasteiger partial charge is 0.231 e. The summed E-state index contributed by atoms with van der Waals surface area (Å²) in [6.07, 6.45) is 16.7. The largest absolute Gasteiger partial charge is 0.454 e. The third-order valence-electron chi connectivity index (χ3n) is 18.4. The van der Waals surface area contributed by atoms with Crippen molar-refractivity contribution in [2.24, 2.45) is 45.3 Å². The number of hydrazone groups is 1. The maximum atomic E-state index is 12.2. The highest BCUT2D eigenvalue weighted by Gasteiger charge is 2.64. The number of aliphatic hydroxyl groups is 2. The lowest BCUT2D eigenvalue weighted by atomic mass is 9.51. The topological polar surface area (TPSA) is 145 Å². The summed E-state index contributed by atoms with van der Waals surface area (Å²) in [6.45, 7) is 8.75. The molecule has 0 saturated heterocycles. The molecular formula is C57H63N3O7S. The number of hydrogen-bond donors (Lipinski definition) is 4. The van der Waals surface area contributed by atoms with Crippen LogP contribution >= 0.6 is 12.2 Å². The molecule has 0 bridgehead atoms. The molecule has 12 rings (SSSR count). The molecule has 4 saturated carbocycles. The standard InChI is InChI=1S/C29H33N3O3S.C28H30O4/c1-3-11-29(33)12-10-23-21-7-4-17-13-19(31-32-27(30)36)6-8-20(17)26(21)22(15-28(23,29)2)18-5-9-24-25(14-18)35-16-34-24;1-3-11-28(30)12-10-23-21-7-4-17-13-19(29)6-8-20(17)26(21)22(15-27(23,28)2)18-5-9-24-25(14-18)32-16-31-24/h5,9,13-14,21-23,33H,4,6-8,10,12,15-16H2,1-2H3,(H3,30,32,36);5,9,13-14,21-23,30H,4,6-8,10,12,15-16H2,1-2H3/t21-,22+,23-,28-,29-;21-,22+,23-,27-,28-/m00/s1. The van der Waals surface area contributed by atoms with E-state index in [0.717, 1.165) is 112 Å². The lowest BCUT2D eigenvalue weighted by molar-refractivity contribution is -0.114. The molecule has 0 radical (unpaired) electrons. The monoisotopic (exact) mass is 933 g/mol. The van der Waals surface area contributed by atoms with E-state index in [4.69, 9.17) is 36.9 Å². The van der Waals surface area contributed by atoms with Gasteiger partial charge in [0.05, 0.1) is 5.71 Å². The molecule has 2 heterocycles. The number of ether oxygens (including phenoxy) is 4. The molecule has 354 valence electrons. The van der Waals surface area contributed by atoms with Gasteiger partial charge in [-0.1, -0.05) is 49.0 Å². The molecule has 2 aromatic carbocycles. The van der Waals surface area contributed by atoms with Crippen molar-refractivity contribution in [3.63, 3.8) is 0 Å². The van der Waals surface area contributed by atoms with Gasteiger partial charge in [-0.25, -0.2) is 0 Å². The predicted molar refractivity (Wildman–Crippen MR) is 265 cm³/mol. The number of nitrogens with one attached hydrogen (secondary N) is 1. The third kappa shape index (κ3) is 7.16. The van der Waals surface area contributed by atoms with E-state index < -0.39 is 11.2 Å². The summed E-state index contributed by atoms with van der Waals surface area (Å²) in [5, 5.41) is 28.2. The van der Waals surface area contributed by atoms with Crippen molar-refractivity contribution >= 4 is 28.8 Å². The Labute approximate surface area is 405 Å². The number of fused-ring (bicyclic) bond motifs is 10. The van der Waals surface area contributed by atoms with Gasteiger partial charge < -0.3 is 34.9 Å². The highest BCUT2D eigenvalue weighted by molar-refractivity contribution is 7.80. The average Bonchev–Trinajstić information content (AvgIpc) is 4.11.